The predicted molar refractivity (Wildman–Crippen MR) is 580 cm³/mol. The van der Waals surface area contributed by atoms with Crippen molar-refractivity contribution in [2.75, 3.05) is 0 Å². The van der Waals surface area contributed by atoms with Crippen LogP contribution in [0.2, 0.25) is 0 Å². The van der Waals surface area contributed by atoms with Crippen molar-refractivity contribution < 1.29 is 13.3 Å². The summed E-state index contributed by atoms with van der Waals surface area (Å²) in [6.45, 7) is 0. The van der Waals surface area contributed by atoms with Gasteiger partial charge in [-0.15, -0.1) is 0 Å². The van der Waals surface area contributed by atoms with Gasteiger partial charge in [-0.1, -0.05) is 273 Å². The van der Waals surface area contributed by atoms with Gasteiger partial charge in [-0.05, 0) is 164 Å². The fraction of sp³-hybridized carbons (Fsp3) is 0. The van der Waals surface area contributed by atoms with Gasteiger partial charge in [-0.25, -0.2) is 24.9 Å². The number of para-hydroxylation sites is 12. The molecule has 141 heavy (non-hydrogen) atoms. The third kappa shape index (κ3) is 11.8. The Morgan fingerprint density at radius 3 is 0.922 bits per heavy atom. The molecular formula is C127H75N11O3. The molecule has 0 aliphatic rings. The van der Waals surface area contributed by atoms with Crippen LogP contribution in [0.4, 0.5) is 0 Å². The van der Waals surface area contributed by atoms with E-state index in [0.717, 1.165) is 205 Å². The van der Waals surface area contributed by atoms with Crippen LogP contribution < -0.4 is 0 Å². The molecule has 0 saturated heterocycles. The van der Waals surface area contributed by atoms with Crippen LogP contribution in [0.5, 0.6) is 0 Å². The van der Waals surface area contributed by atoms with Crippen LogP contribution in [0.3, 0.4) is 0 Å². The molecule has 14 nitrogen and oxygen atoms in total. The van der Waals surface area contributed by atoms with E-state index in [9.17, 15) is 0 Å². The minimum Gasteiger partial charge on any atom is -0.456 e. The van der Waals surface area contributed by atoms with Gasteiger partial charge < -0.3 is 27.0 Å². The van der Waals surface area contributed by atoms with Gasteiger partial charge in [0.25, 0.3) is 0 Å². The van der Waals surface area contributed by atoms with Crippen molar-refractivity contribution in [3.05, 3.63) is 455 Å². The van der Waals surface area contributed by atoms with Gasteiger partial charge in [0.2, 0.25) is 5.95 Å². The van der Waals surface area contributed by atoms with E-state index < -0.39 is 0 Å². The number of furan rings is 3. The Balaban J connectivity index is 0.0000000994. The number of aromatic nitrogens is 11. The minimum atomic E-state index is 0.655. The third-order valence-corrected chi connectivity index (χ3v) is 28.8. The minimum absolute atomic E-state index is 0.655. The van der Waals surface area contributed by atoms with E-state index in [0.29, 0.717) is 11.8 Å². The Kier molecular flexibility index (Phi) is 16.9. The zero-order valence-corrected chi connectivity index (χ0v) is 75.4. The molecule has 20 aromatic carbocycles. The van der Waals surface area contributed by atoms with Crippen LogP contribution in [-0.4, -0.2) is 52.3 Å². The first kappa shape index (κ1) is 78.1. The summed E-state index contributed by atoms with van der Waals surface area (Å²) in [5.74, 6) is 3.15. The van der Waals surface area contributed by atoms with Crippen LogP contribution in [0.1, 0.15) is 0 Å². The van der Waals surface area contributed by atoms with Crippen molar-refractivity contribution in [2.45, 2.75) is 0 Å². The van der Waals surface area contributed by atoms with E-state index in [1.54, 1.807) is 0 Å². The maximum Gasteiger partial charge on any atom is 0.235 e. The summed E-state index contributed by atoms with van der Waals surface area (Å²) in [4.78, 5) is 25.9. The topological polar surface area (TPSA) is 133 Å². The van der Waals surface area contributed by atoms with Gasteiger partial charge in [0.1, 0.15) is 45.1 Å². The summed E-state index contributed by atoms with van der Waals surface area (Å²) >= 11 is 0. The Bertz CT molecular complexity index is 10900. The van der Waals surface area contributed by atoms with Crippen molar-refractivity contribution in [3.8, 4) is 57.3 Å². The van der Waals surface area contributed by atoms with Crippen LogP contribution in [0.25, 0.3) is 287 Å². The van der Waals surface area contributed by atoms with Gasteiger partial charge in [0.15, 0.2) is 5.82 Å². The average Bonchev–Trinajstić information content (AvgIpc) is 1.55. The molecule has 0 unspecified atom stereocenters. The number of hydrogen-bond acceptors (Lipinski definition) is 8. The summed E-state index contributed by atoms with van der Waals surface area (Å²) in [7, 11) is 0. The third-order valence-electron chi connectivity index (χ3n) is 28.8. The molecule has 0 fully saturated rings. The summed E-state index contributed by atoms with van der Waals surface area (Å²) in [6.07, 6.45) is 0. The molecule has 0 bridgehead atoms. The smallest absolute Gasteiger partial charge is 0.235 e. The van der Waals surface area contributed by atoms with Gasteiger partial charge in [-0.2, -0.15) is 0 Å². The summed E-state index contributed by atoms with van der Waals surface area (Å²) in [5, 5.41) is 24.4. The summed E-state index contributed by atoms with van der Waals surface area (Å²) in [5.41, 5.74) is 27.9. The van der Waals surface area contributed by atoms with Crippen molar-refractivity contribution in [2.24, 2.45) is 0 Å². The lowest BCUT2D eigenvalue weighted by Gasteiger charge is -2.13. The number of fused-ring (bicyclic) bond motifs is 33. The van der Waals surface area contributed by atoms with Crippen molar-refractivity contribution >= 4 is 229 Å². The number of hydrogen-bond donors (Lipinski definition) is 0. The quantitative estimate of drug-likeness (QED) is 0.147. The Hall–Kier alpha value is -19.3. The van der Waals surface area contributed by atoms with E-state index in [1.165, 1.54) is 70.3 Å². The van der Waals surface area contributed by atoms with E-state index >= 15 is 0 Å². The lowest BCUT2D eigenvalue weighted by atomic mass is 10.1. The van der Waals surface area contributed by atoms with Crippen molar-refractivity contribution in [1.29, 1.82) is 0 Å². The molecule has 32 rings (SSSR count). The maximum atomic E-state index is 6.34. The van der Waals surface area contributed by atoms with Crippen LogP contribution in [0.15, 0.2) is 468 Å². The van der Waals surface area contributed by atoms with Gasteiger partial charge in [0.05, 0.1) is 88.4 Å². The molecule has 0 radical (unpaired) electrons. The molecule has 0 saturated carbocycles. The molecule has 0 spiro atoms. The normalized spacial score (nSPS) is 12.1. The highest BCUT2D eigenvalue weighted by Crippen LogP contribution is 2.49. The molecule has 0 atom stereocenters. The van der Waals surface area contributed by atoms with E-state index in [-0.39, 0.29) is 0 Å². The molecule has 0 aliphatic heterocycles. The fourth-order valence-electron chi connectivity index (χ4n) is 22.7. The highest BCUT2D eigenvalue weighted by molar-refractivity contribution is 6.32. The predicted octanol–water partition coefficient (Wildman–Crippen LogP) is 33.1. The molecule has 0 N–H and O–H groups in total. The highest BCUT2D eigenvalue weighted by atomic mass is 16.3. The van der Waals surface area contributed by atoms with Crippen molar-refractivity contribution in [1.82, 2.24) is 52.3 Å². The second-order valence-corrected chi connectivity index (χ2v) is 36.4. The molecule has 14 heteroatoms. The standard InChI is InChI=1S/2C44H26N4O.C39H23N3O/c1-2-12-27(13-3-1)43-45-34-18-8-4-15-31(34)44(46-43)48-36-20-10-6-17-33(36)42-38(48)25-24-37-41(42)32-16-5-9-19-35(32)47(37)28-22-23-30-29-14-7-11-21-39(29)49-40(30)26-28;1-2-12-27(13-3-1)43-31-15-4-8-18-34(31)45-44(46-43)48-36-20-10-6-17-33(36)42-38(48)25-24-37-41(42)32-16-5-9-19-35(32)47(37)28-22-23-30-29-14-7-11-21-39(29)49-40(30)26-28;1-5-13-30-24(9-1)17-22-37(40-30)42-32-15-7-3-12-29(32)39-34(42)21-20-33-38(39)28-11-2-6-14-31(28)41(33)25-18-19-27-26-10-4-8-16-35(26)43-36(27)23-25/h2*1-26H;1-23H. The SMILES string of the molecule is c1ccc(-c2nc(-n3c4ccccc4c4c5c6ccccc6n(-c6ccc7c(c6)oc6ccccc67)c5ccc43)c3ccccc3n2)cc1.c1ccc(-c2nc(-n3c4ccccc4c4c5c6ccccc6n(-c6ccc7c(c6)oc6ccccc67)c5ccc43)nc3ccccc23)cc1.c1ccc2nc(-n3c4ccccc4c4c5c6ccccc6n(-c6ccc7c(c6)oc6ccccc67)c5ccc43)ccc2c1. The largest absolute Gasteiger partial charge is 0.456 e. The Morgan fingerprint density at radius 1 is 0.170 bits per heavy atom. The summed E-state index contributed by atoms with van der Waals surface area (Å²) < 4.78 is 33.0. The zero-order valence-electron chi connectivity index (χ0n) is 75.4. The molecule has 12 aromatic heterocycles. The number of nitrogens with zero attached hydrogens (tertiary/aromatic N) is 11. The lowest BCUT2D eigenvalue weighted by molar-refractivity contribution is 0.668. The van der Waals surface area contributed by atoms with E-state index in [4.69, 9.17) is 38.2 Å². The molecular weight excluding hydrogens is 1730 g/mol. The van der Waals surface area contributed by atoms with Gasteiger partial charge in [0, 0.05) is 159 Å². The number of rotatable bonds is 8. The van der Waals surface area contributed by atoms with E-state index in [1.807, 2.05) is 78.9 Å². The Morgan fingerprint density at radius 2 is 0.482 bits per heavy atom. The monoisotopic (exact) mass is 1800 g/mol. The van der Waals surface area contributed by atoms with E-state index in [2.05, 4.69) is 404 Å². The first-order valence-corrected chi connectivity index (χ1v) is 47.6. The molecule has 0 aliphatic carbocycles. The maximum absolute atomic E-state index is 6.34. The highest BCUT2D eigenvalue weighted by Gasteiger charge is 2.29. The second kappa shape index (κ2) is 30.6. The molecule has 0 amide bonds. The number of pyridine rings is 1. The van der Waals surface area contributed by atoms with Crippen LogP contribution >= 0.6 is 0 Å². The average molecular weight is 1800 g/mol. The number of benzene rings is 20. The van der Waals surface area contributed by atoms with Gasteiger partial charge in [-0.3, -0.25) is 13.7 Å². The van der Waals surface area contributed by atoms with Gasteiger partial charge >= 0.3 is 0 Å². The molecule has 32 aromatic rings. The first-order chi connectivity index (χ1) is 70.0. The zero-order chi connectivity index (χ0) is 92.2. The molecule has 12 heterocycles. The second-order valence-electron chi connectivity index (χ2n) is 36.4. The van der Waals surface area contributed by atoms with Crippen molar-refractivity contribution in [3.63, 3.8) is 0 Å². The summed E-state index contributed by atoms with van der Waals surface area (Å²) in [6, 6.07) is 160. The first-order valence-electron chi connectivity index (χ1n) is 47.6. The lowest BCUT2D eigenvalue weighted by Crippen LogP contribution is -2.03. The van der Waals surface area contributed by atoms with Crippen LogP contribution in [0, 0.1) is 0 Å². The van der Waals surface area contributed by atoms with Crippen LogP contribution in [-0.2, 0) is 0 Å². The molecule has 656 valence electrons. The fourth-order valence-corrected chi connectivity index (χ4v) is 22.7. The Labute approximate surface area is 801 Å².